The molecule has 0 heterocycles. The van der Waals surface area contributed by atoms with Crippen LogP contribution >= 0.6 is 0 Å². The van der Waals surface area contributed by atoms with Gasteiger partial charge in [-0.3, -0.25) is 0 Å². The van der Waals surface area contributed by atoms with E-state index in [1.54, 1.807) is 0 Å². The molecule has 2 aromatic rings. The van der Waals surface area contributed by atoms with Gasteiger partial charge in [0.05, 0.1) is 6.10 Å². The highest BCUT2D eigenvalue weighted by atomic mass is 16.3. The lowest BCUT2D eigenvalue weighted by atomic mass is 9.86. The summed E-state index contributed by atoms with van der Waals surface area (Å²) in [4.78, 5) is 0. The van der Waals surface area contributed by atoms with Crippen molar-refractivity contribution in [1.82, 2.24) is 5.32 Å². The zero-order chi connectivity index (χ0) is 17.0. The van der Waals surface area contributed by atoms with Crippen molar-refractivity contribution < 1.29 is 5.11 Å². The summed E-state index contributed by atoms with van der Waals surface area (Å²) < 4.78 is 0. The zero-order valence-electron chi connectivity index (χ0n) is 14.8. The van der Waals surface area contributed by atoms with Crippen molar-refractivity contribution in [2.45, 2.75) is 51.0 Å². The van der Waals surface area contributed by atoms with Crippen molar-refractivity contribution in [1.29, 1.82) is 0 Å². The van der Waals surface area contributed by atoms with Gasteiger partial charge in [-0.25, -0.2) is 0 Å². The fourth-order valence-electron chi connectivity index (χ4n) is 3.14. The molecule has 0 spiro atoms. The molecule has 0 saturated carbocycles. The van der Waals surface area contributed by atoms with Crippen LogP contribution in [0.15, 0.2) is 60.7 Å². The second kappa shape index (κ2) is 11.0. The third-order valence-corrected chi connectivity index (χ3v) is 4.50. The van der Waals surface area contributed by atoms with E-state index in [9.17, 15) is 5.11 Å². The van der Waals surface area contributed by atoms with Crippen molar-refractivity contribution in [3.05, 3.63) is 71.8 Å². The lowest BCUT2D eigenvalue weighted by Crippen LogP contribution is -2.29. The monoisotopic (exact) mass is 325 g/mol. The summed E-state index contributed by atoms with van der Waals surface area (Å²) in [6.45, 7) is 3.89. The minimum atomic E-state index is -0.332. The van der Waals surface area contributed by atoms with Crippen molar-refractivity contribution in [3.63, 3.8) is 0 Å². The largest absolute Gasteiger partial charge is 0.392 e. The quantitative estimate of drug-likeness (QED) is 0.585. The molecule has 0 amide bonds. The minimum absolute atomic E-state index is 0.240. The van der Waals surface area contributed by atoms with Crippen molar-refractivity contribution in [3.8, 4) is 0 Å². The normalized spacial score (nSPS) is 12.5. The molecule has 24 heavy (non-hydrogen) atoms. The van der Waals surface area contributed by atoms with Crippen LogP contribution in [0.4, 0.5) is 0 Å². The van der Waals surface area contributed by atoms with Crippen molar-refractivity contribution in [2.24, 2.45) is 0 Å². The van der Waals surface area contributed by atoms with Gasteiger partial charge in [-0.05, 0) is 30.5 Å². The number of nitrogens with one attached hydrogen (secondary N) is 1. The highest BCUT2D eigenvalue weighted by Crippen LogP contribution is 2.28. The maximum Gasteiger partial charge on any atom is 0.0673 e. The lowest BCUT2D eigenvalue weighted by molar-refractivity contribution is 0.156. The Hall–Kier alpha value is -1.64. The first-order valence-corrected chi connectivity index (χ1v) is 9.30. The minimum Gasteiger partial charge on any atom is -0.392 e. The third kappa shape index (κ3) is 6.46. The van der Waals surface area contributed by atoms with Crippen LogP contribution in [0.25, 0.3) is 0 Å². The van der Waals surface area contributed by atoms with E-state index in [1.165, 1.54) is 36.8 Å². The summed E-state index contributed by atoms with van der Waals surface area (Å²) in [5.74, 6) is 0.240. The zero-order valence-corrected chi connectivity index (χ0v) is 14.8. The summed E-state index contributed by atoms with van der Waals surface area (Å²) in [5, 5.41) is 13.9. The molecule has 2 N–H and O–H groups in total. The Bertz CT molecular complexity index is 501. The van der Waals surface area contributed by atoms with Gasteiger partial charge in [-0.2, -0.15) is 0 Å². The first-order chi connectivity index (χ1) is 11.8. The predicted molar refractivity (Wildman–Crippen MR) is 102 cm³/mol. The molecule has 2 aromatic carbocycles. The molecule has 0 fully saturated rings. The number of aliphatic hydroxyl groups is 1. The second-order valence-corrected chi connectivity index (χ2v) is 6.53. The van der Waals surface area contributed by atoms with Gasteiger partial charge in [-0.1, -0.05) is 86.8 Å². The number of aliphatic hydroxyl groups excluding tert-OH is 1. The van der Waals surface area contributed by atoms with E-state index in [-0.39, 0.29) is 12.0 Å². The lowest BCUT2D eigenvalue weighted by Gasteiger charge is -2.22. The third-order valence-electron chi connectivity index (χ3n) is 4.50. The summed E-state index contributed by atoms with van der Waals surface area (Å²) in [5.41, 5.74) is 2.54. The molecule has 0 aliphatic carbocycles. The number of rotatable bonds is 11. The summed E-state index contributed by atoms with van der Waals surface area (Å²) >= 11 is 0. The first kappa shape index (κ1) is 18.7. The maximum absolute atomic E-state index is 10.5. The molecule has 0 aromatic heterocycles. The molecule has 1 atom stereocenters. The Balaban J connectivity index is 1.89. The molecule has 0 saturated heterocycles. The van der Waals surface area contributed by atoms with Crippen LogP contribution in [0, 0.1) is 0 Å². The van der Waals surface area contributed by atoms with Crippen LogP contribution in [-0.4, -0.2) is 24.3 Å². The van der Waals surface area contributed by atoms with Crippen LogP contribution < -0.4 is 5.32 Å². The molecule has 0 radical (unpaired) electrons. The Labute approximate surface area is 146 Å². The van der Waals surface area contributed by atoms with E-state index in [4.69, 9.17) is 0 Å². The molecule has 130 valence electrons. The topological polar surface area (TPSA) is 32.3 Å². The first-order valence-electron chi connectivity index (χ1n) is 9.30. The molecule has 0 aliphatic rings. The van der Waals surface area contributed by atoms with Crippen LogP contribution in [0.5, 0.6) is 0 Å². The number of benzene rings is 2. The fraction of sp³-hybridized carbons (Fsp3) is 0.455. The van der Waals surface area contributed by atoms with E-state index in [2.05, 4.69) is 60.8 Å². The molecule has 0 aliphatic heterocycles. The standard InChI is InChI=1S/C22H31NO/c1-2-3-4-11-16-23-18-21(24)17-22(19-12-7-5-8-13-19)20-14-9-6-10-15-20/h5-10,12-15,21-24H,2-4,11,16-18H2,1H3. The number of hydrogen-bond donors (Lipinski definition) is 2. The highest BCUT2D eigenvalue weighted by Gasteiger charge is 2.18. The van der Waals surface area contributed by atoms with Gasteiger partial charge >= 0.3 is 0 Å². The van der Waals surface area contributed by atoms with Crippen molar-refractivity contribution in [2.75, 3.05) is 13.1 Å². The molecular weight excluding hydrogens is 294 g/mol. The second-order valence-electron chi connectivity index (χ2n) is 6.53. The highest BCUT2D eigenvalue weighted by molar-refractivity contribution is 5.32. The van der Waals surface area contributed by atoms with E-state index < -0.39 is 0 Å². The average Bonchev–Trinajstić information content (AvgIpc) is 2.64. The summed E-state index contributed by atoms with van der Waals surface area (Å²) in [6.07, 6.45) is 5.45. The van der Waals surface area contributed by atoms with Crippen LogP contribution in [0.3, 0.4) is 0 Å². The number of hydrogen-bond acceptors (Lipinski definition) is 2. The Morgan fingerprint density at radius 2 is 1.42 bits per heavy atom. The summed E-state index contributed by atoms with van der Waals surface area (Å²) in [6, 6.07) is 21.0. The SMILES string of the molecule is CCCCCCNCC(O)CC(c1ccccc1)c1ccccc1. The summed E-state index contributed by atoms with van der Waals surface area (Å²) in [7, 11) is 0. The molecule has 2 nitrogen and oxygen atoms in total. The fourth-order valence-corrected chi connectivity index (χ4v) is 3.14. The van der Waals surface area contributed by atoms with Gasteiger partial charge in [-0.15, -0.1) is 0 Å². The van der Waals surface area contributed by atoms with E-state index in [0.29, 0.717) is 6.54 Å². The predicted octanol–water partition coefficient (Wildman–Crippen LogP) is 4.74. The average molecular weight is 325 g/mol. The van der Waals surface area contributed by atoms with Crippen LogP contribution in [0.1, 0.15) is 56.1 Å². The molecule has 0 bridgehead atoms. The maximum atomic E-state index is 10.5. The molecule has 1 unspecified atom stereocenters. The van der Waals surface area contributed by atoms with Gasteiger partial charge < -0.3 is 10.4 Å². The van der Waals surface area contributed by atoms with Crippen LogP contribution in [0.2, 0.25) is 0 Å². The molecule has 2 heteroatoms. The van der Waals surface area contributed by atoms with Crippen LogP contribution in [-0.2, 0) is 0 Å². The number of unbranched alkanes of at least 4 members (excludes halogenated alkanes) is 3. The molecular formula is C22H31NO. The smallest absolute Gasteiger partial charge is 0.0673 e. The van der Waals surface area contributed by atoms with Gasteiger partial charge in [0.25, 0.3) is 0 Å². The van der Waals surface area contributed by atoms with Gasteiger partial charge in [0.15, 0.2) is 0 Å². The molecule has 2 rings (SSSR count). The van der Waals surface area contributed by atoms with Gasteiger partial charge in [0.1, 0.15) is 0 Å². The van der Waals surface area contributed by atoms with Gasteiger partial charge in [0.2, 0.25) is 0 Å². The Kier molecular flexibility index (Phi) is 8.58. The van der Waals surface area contributed by atoms with E-state index in [0.717, 1.165) is 13.0 Å². The van der Waals surface area contributed by atoms with E-state index >= 15 is 0 Å². The van der Waals surface area contributed by atoms with E-state index in [1.807, 2.05) is 12.1 Å². The Morgan fingerprint density at radius 3 is 1.96 bits per heavy atom. The van der Waals surface area contributed by atoms with Gasteiger partial charge in [0, 0.05) is 12.5 Å². The van der Waals surface area contributed by atoms with Crippen molar-refractivity contribution >= 4 is 0 Å². The Morgan fingerprint density at radius 1 is 0.833 bits per heavy atom.